The lowest BCUT2D eigenvalue weighted by Crippen LogP contribution is -2.13. The van der Waals surface area contributed by atoms with E-state index < -0.39 is 0 Å². The highest BCUT2D eigenvalue weighted by atomic mass is 15.0. The minimum Gasteiger partial charge on any atom is -0.309 e. The lowest BCUT2D eigenvalue weighted by atomic mass is 9.90. The zero-order valence-electron chi connectivity index (χ0n) is 17.4. The summed E-state index contributed by atoms with van der Waals surface area (Å²) in [6.07, 6.45) is 6.07. The first-order valence-corrected chi connectivity index (χ1v) is 10.7. The van der Waals surface area contributed by atoms with Crippen LogP contribution in [0.25, 0.3) is 38.6 Å². The number of para-hydroxylation sites is 2. The van der Waals surface area contributed by atoms with Crippen molar-refractivity contribution >= 4 is 28.0 Å². The van der Waals surface area contributed by atoms with E-state index in [0.29, 0.717) is 0 Å². The molecule has 6 rings (SSSR count). The zero-order valence-corrected chi connectivity index (χ0v) is 17.4. The van der Waals surface area contributed by atoms with Gasteiger partial charge in [-0.05, 0) is 66.1 Å². The summed E-state index contributed by atoms with van der Waals surface area (Å²) in [6.45, 7) is 2.16. The average Bonchev–Trinajstić information content (AvgIpc) is 3.42. The van der Waals surface area contributed by atoms with Crippen LogP contribution in [0.5, 0.6) is 0 Å². The van der Waals surface area contributed by atoms with E-state index in [0.717, 1.165) is 0 Å². The van der Waals surface area contributed by atoms with Crippen LogP contribution in [0, 0.1) is 0 Å². The average molecular weight is 399 g/mol. The standard InChI is InChI=1S/C29H22N2/c1-29(17-8-18-30-29)23-10-7-9-21(19-23)22-15-16-28-26(20-22)25-13-5-6-14-27(25)31(28)24-11-3-2-4-12-24/h2-20H,1H3. The van der Waals surface area contributed by atoms with Gasteiger partial charge in [0.2, 0.25) is 0 Å². The van der Waals surface area contributed by atoms with Crippen molar-refractivity contribution < 1.29 is 0 Å². The number of benzene rings is 4. The van der Waals surface area contributed by atoms with E-state index in [1.54, 1.807) is 0 Å². The predicted molar refractivity (Wildman–Crippen MR) is 131 cm³/mol. The second kappa shape index (κ2) is 6.82. The van der Waals surface area contributed by atoms with Gasteiger partial charge in [0.1, 0.15) is 5.54 Å². The van der Waals surface area contributed by atoms with E-state index >= 15 is 0 Å². The summed E-state index contributed by atoms with van der Waals surface area (Å²) in [5, 5.41) is 2.54. The molecule has 1 aromatic heterocycles. The molecule has 1 unspecified atom stereocenters. The molecule has 2 heteroatoms. The molecule has 0 bridgehead atoms. The van der Waals surface area contributed by atoms with Gasteiger partial charge in [-0.25, -0.2) is 0 Å². The van der Waals surface area contributed by atoms with Crippen LogP contribution in [-0.4, -0.2) is 10.8 Å². The van der Waals surface area contributed by atoms with Gasteiger partial charge < -0.3 is 4.57 Å². The summed E-state index contributed by atoms with van der Waals surface area (Å²) in [5.41, 5.74) is 7.01. The molecule has 31 heavy (non-hydrogen) atoms. The molecule has 4 aromatic carbocycles. The van der Waals surface area contributed by atoms with Crippen LogP contribution in [-0.2, 0) is 5.54 Å². The van der Waals surface area contributed by atoms with Crippen molar-refractivity contribution in [3.63, 3.8) is 0 Å². The third kappa shape index (κ3) is 2.83. The lowest BCUT2D eigenvalue weighted by molar-refractivity contribution is 0.648. The normalized spacial score (nSPS) is 17.7. The van der Waals surface area contributed by atoms with Gasteiger partial charge in [-0.2, -0.15) is 0 Å². The Morgan fingerprint density at radius 1 is 0.677 bits per heavy atom. The predicted octanol–water partition coefficient (Wildman–Crippen LogP) is 7.31. The molecule has 1 aliphatic heterocycles. The molecular formula is C29H22N2. The fourth-order valence-corrected chi connectivity index (χ4v) is 4.66. The summed E-state index contributed by atoms with van der Waals surface area (Å²) in [6, 6.07) is 34.8. The van der Waals surface area contributed by atoms with Gasteiger partial charge in [0, 0.05) is 22.7 Å². The fourth-order valence-electron chi connectivity index (χ4n) is 4.66. The molecule has 1 aliphatic rings. The maximum absolute atomic E-state index is 4.66. The number of rotatable bonds is 3. The van der Waals surface area contributed by atoms with Gasteiger partial charge in [-0.3, -0.25) is 4.99 Å². The van der Waals surface area contributed by atoms with Crippen molar-refractivity contribution in [1.29, 1.82) is 0 Å². The molecule has 0 saturated heterocycles. The number of nitrogens with zero attached hydrogens (tertiary/aromatic N) is 2. The van der Waals surface area contributed by atoms with Crippen molar-refractivity contribution in [1.82, 2.24) is 4.57 Å². The third-order valence-corrected chi connectivity index (χ3v) is 6.32. The molecule has 1 atom stereocenters. The quantitative estimate of drug-likeness (QED) is 0.303. The van der Waals surface area contributed by atoms with Crippen LogP contribution >= 0.6 is 0 Å². The molecule has 0 fully saturated rings. The van der Waals surface area contributed by atoms with E-state index in [1.165, 1.54) is 44.2 Å². The highest BCUT2D eigenvalue weighted by Gasteiger charge is 2.24. The first kappa shape index (κ1) is 17.9. The van der Waals surface area contributed by atoms with E-state index in [2.05, 4.69) is 120 Å². The largest absolute Gasteiger partial charge is 0.309 e. The van der Waals surface area contributed by atoms with Crippen molar-refractivity contribution in [2.75, 3.05) is 0 Å². The van der Waals surface area contributed by atoms with E-state index in [-0.39, 0.29) is 5.54 Å². The number of allylic oxidation sites excluding steroid dienone is 1. The number of aromatic nitrogens is 1. The Kier molecular flexibility index (Phi) is 3.94. The van der Waals surface area contributed by atoms with Gasteiger partial charge in [-0.1, -0.05) is 66.7 Å². The Labute approximate surface area is 181 Å². The first-order valence-electron chi connectivity index (χ1n) is 10.7. The van der Waals surface area contributed by atoms with Crippen LogP contribution in [0.1, 0.15) is 12.5 Å². The molecule has 0 aliphatic carbocycles. The van der Waals surface area contributed by atoms with Crippen molar-refractivity contribution in [2.45, 2.75) is 12.5 Å². The minimum absolute atomic E-state index is 0.274. The molecule has 2 heterocycles. The molecule has 0 saturated carbocycles. The maximum atomic E-state index is 4.66. The second-order valence-electron chi connectivity index (χ2n) is 8.29. The Balaban J connectivity index is 1.56. The van der Waals surface area contributed by atoms with Crippen molar-refractivity contribution in [3.8, 4) is 16.8 Å². The van der Waals surface area contributed by atoms with E-state index in [9.17, 15) is 0 Å². The summed E-state index contributed by atoms with van der Waals surface area (Å²) in [5.74, 6) is 0. The second-order valence-corrected chi connectivity index (χ2v) is 8.29. The molecule has 0 spiro atoms. The number of aliphatic imine (C=N–C) groups is 1. The number of fused-ring (bicyclic) bond motifs is 3. The summed E-state index contributed by atoms with van der Waals surface area (Å²) >= 11 is 0. The Morgan fingerprint density at radius 3 is 2.29 bits per heavy atom. The van der Waals surface area contributed by atoms with Gasteiger partial charge >= 0.3 is 0 Å². The molecule has 0 radical (unpaired) electrons. The van der Waals surface area contributed by atoms with Crippen molar-refractivity contribution in [3.05, 3.63) is 115 Å². The SMILES string of the molecule is CC1(c2cccc(-c3ccc4c(c3)c3ccccc3n4-c3ccccc3)c2)C=CC=N1. The monoisotopic (exact) mass is 398 g/mol. The number of hydrogen-bond donors (Lipinski definition) is 0. The first-order chi connectivity index (χ1) is 15.2. The maximum Gasteiger partial charge on any atom is 0.101 e. The van der Waals surface area contributed by atoms with Crippen molar-refractivity contribution in [2.24, 2.45) is 4.99 Å². The number of hydrogen-bond acceptors (Lipinski definition) is 1. The molecule has 0 N–H and O–H groups in total. The van der Waals surface area contributed by atoms with Crippen LogP contribution in [0.3, 0.4) is 0 Å². The molecule has 5 aromatic rings. The summed E-state index contributed by atoms with van der Waals surface area (Å²) < 4.78 is 2.35. The van der Waals surface area contributed by atoms with Crippen LogP contribution in [0.2, 0.25) is 0 Å². The van der Waals surface area contributed by atoms with Gasteiger partial charge in [0.15, 0.2) is 0 Å². The molecular weight excluding hydrogens is 376 g/mol. The minimum atomic E-state index is -0.274. The Bertz CT molecular complexity index is 1470. The topological polar surface area (TPSA) is 17.3 Å². The van der Waals surface area contributed by atoms with Crippen LogP contribution in [0.4, 0.5) is 0 Å². The smallest absolute Gasteiger partial charge is 0.101 e. The lowest BCUT2D eigenvalue weighted by Gasteiger charge is -2.20. The zero-order chi connectivity index (χ0) is 20.8. The van der Waals surface area contributed by atoms with E-state index in [4.69, 9.17) is 0 Å². The Hall–Kier alpha value is -3.91. The van der Waals surface area contributed by atoms with Crippen LogP contribution in [0.15, 0.2) is 114 Å². The highest BCUT2D eigenvalue weighted by molar-refractivity contribution is 6.10. The summed E-state index contributed by atoms with van der Waals surface area (Å²) in [4.78, 5) is 4.66. The molecule has 0 amide bonds. The third-order valence-electron chi connectivity index (χ3n) is 6.32. The van der Waals surface area contributed by atoms with Gasteiger partial charge in [-0.15, -0.1) is 0 Å². The Morgan fingerprint density at radius 2 is 1.45 bits per heavy atom. The fraction of sp³-hybridized carbons (Fsp3) is 0.0690. The molecule has 2 nitrogen and oxygen atoms in total. The van der Waals surface area contributed by atoms with E-state index in [1.807, 2.05) is 12.3 Å². The van der Waals surface area contributed by atoms with Crippen LogP contribution < -0.4 is 0 Å². The van der Waals surface area contributed by atoms with Gasteiger partial charge in [0.25, 0.3) is 0 Å². The molecule has 148 valence electrons. The van der Waals surface area contributed by atoms with Gasteiger partial charge in [0.05, 0.1) is 11.0 Å². The highest BCUT2D eigenvalue weighted by Crippen LogP contribution is 2.36. The summed E-state index contributed by atoms with van der Waals surface area (Å²) in [7, 11) is 0.